The Kier molecular flexibility index (Phi) is 8.16. The molecule has 0 N–H and O–H groups in total. The summed E-state index contributed by atoms with van der Waals surface area (Å²) < 4.78 is 12.1. The van der Waals surface area contributed by atoms with Gasteiger partial charge in [0.1, 0.15) is 16.9 Å². The molecule has 4 atom stereocenters. The van der Waals surface area contributed by atoms with E-state index >= 15 is 0 Å². The van der Waals surface area contributed by atoms with E-state index < -0.39 is 0 Å². The summed E-state index contributed by atoms with van der Waals surface area (Å²) >= 11 is 0. The lowest BCUT2D eigenvalue weighted by Gasteiger charge is -2.40. The molecule has 2 aliphatic rings. The zero-order valence-corrected chi connectivity index (χ0v) is 33.8. The molecule has 58 heavy (non-hydrogen) atoms. The number of rotatable bonds is 7. The summed E-state index contributed by atoms with van der Waals surface area (Å²) in [7, 11) is 1.72. The molecule has 284 valence electrons. The van der Waals surface area contributed by atoms with Crippen LogP contribution in [0.25, 0.3) is 88.0 Å². The van der Waals surface area contributed by atoms with E-state index in [1.165, 1.54) is 91.7 Å². The number of furan rings is 1. The predicted molar refractivity (Wildman–Crippen MR) is 244 cm³/mol. The number of ether oxygens (including phenoxy) is 1. The van der Waals surface area contributed by atoms with Crippen LogP contribution in [0.3, 0.4) is 0 Å². The highest BCUT2D eigenvalue weighted by atomic mass is 16.5. The topological polar surface area (TPSA) is 22.4 Å². The van der Waals surface area contributed by atoms with Gasteiger partial charge >= 0.3 is 0 Å². The molecular weight excluding hydrogens is 705 g/mol. The highest BCUT2D eigenvalue weighted by molar-refractivity contribution is 6.22. The van der Waals surface area contributed by atoms with Crippen LogP contribution in [-0.4, -0.2) is 7.11 Å². The van der Waals surface area contributed by atoms with E-state index in [1.807, 2.05) is 0 Å². The fraction of sp³-hybridized carbons (Fsp3) is 0.214. The van der Waals surface area contributed by atoms with Crippen molar-refractivity contribution in [3.8, 4) is 50.3 Å². The van der Waals surface area contributed by atoms with E-state index in [9.17, 15) is 0 Å². The first kappa shape index (κ1) is 35.1. The predicted octanol–water partition coefficient (Wildman–Crippen LogP) is 15.7. The van der Waals surface area contributed by atoms with Crippen molar-refractivity contribution in [3.05, 3.63) is 163 Å². The maximum atomic E-state index is 6.57. The maximum absolute atomic E-state index is 6.57. The molecule has 1 aromatic heterocycles. The first-order chi connectivity index (χ1) is 28.5. The molecule has 11 rings (SSSR count). The van der Waals surface area contributed by atoms with Crippen LogP contribution in [-0.2, 0) is 5.41 Å². The second-order valence-electron chi connectivity index (χ2n) is 17.0. The number of hydrogen-bond donors (Lipinski definition) is 0. The monoisotopic (exact) mass is 752 g/mol. The Hall–Kier alpha value is -6.12. The highest BCUT2D eigenvalue weighted by Gasteiger charge is 2.58. The van der Waals surface area contributed by atoms with E-state index in [4.69, 9.17) is 9.15 Å². The van der Waals surface area contributed by atoms with E-state index in [-0.39, 0.29) is 5.41 Å². The van der Waals surface area contributed by atoms with Crippen LogP contribution in [0.1, 0.15) is 57.6 Å². The summed E-state index contributed by atoms with van der Waals surface area (Å²) in [5, 5.41) is 7.24. The molecule has 0 amide bonds. The molecule has 2 nitrogen and oxygen atoms in total. The van der Waals surface area contributed by atoms with Crippen LogP contribution in [0.15, 0.2) is 156 Å². The Morgan fingerprint density at radius 1 is 0.552 bits per heavy atom. The Morgan fingerprint density at radius 2 is 1.09 bits per heavy atom. The van der Waals surface area contributed by atoms with Crippen molar-refractivity contribution < 1.29 is 9.15 Å². The minimum Gasteiger partial charge on any atom is -0.497 e. The maximum Gasteiger partial charge on any atom is 0.135 e. The number of hydrogen-bond acceptors (Lipinski definition) is 2. The first-order valence-corrected chi connectivity index (χ1v) is 21.3. The summed E-state index contributed by atoms with van der Waals surface area (Å²) in [4.78, 5) is 0. The lowest BCUT2D eigenvalue weighted by atomic mass is 9.62. The van der Waals surface area contributed by atoms with Gasteiger partial charge in [-0.05, 0) is 150 Å². The van der Waals surface area contributed by atoms with Crippen LogP contribution in [0.2, 0.25) is 0 Å². The number of benzene rings is 8. The number of fused-ring (bicyclic) bond motifs is 10. The van der Waals surface area contributed by atoms with Crippen molar-refractivity contribution in [1.82, 2.24) is 0 Å². The van der Waals surface area contributed by atoms with Crippen LogP contribution in [0.4, 0.5) is 0 Å². The van der Waals surface area contributed by atoms with Gasteiger partial charge < -0.3 is 9.15 Å². The van der Waals surface area contributed by atoms with Crippen molar-refractivity contribution in [2.24, 2.45) is 17.8 Å². The Labute approximate surface area is 341 Å². The third-order valence-corrected chi connectivity index (χ3v) is 14.2. The molecule has 1 fully saturated rings. The summed E-state index contributed by atoms with van der Waals surface area (Å²) in [6.45, 7) is 7.32. The lowest BCUT2D eigenvalue weighted by molar-refractivity contribution is 0.261. The zero-order valence-electron chi connectivity index (χ0n) is 33.8. The van der Waals surface area contributed by atoms with E-state index in [0.717, 1.165) is 27.7 Å². The van der Waals surface area contributed by atoms with Crippen LogP contribution >= 0.6 is 0 Å². The van der Waals surface area contributed by atoms with Crippen LogP contribution in [0.5, 0.6) is 5.75 Å². The Bertz CT molecular complexity index is 3000. The van der Waals surface area contributed by atoms with Gasteiger partial charge in [0.2, 0.25) is 0 Å². The largest absolute Gasteiger partial charge is 0.497 e. The molecule has 0 saturated heterocycles. The molecule has 1 spiro atoms. The molecule has 2 heteroatoms. The SMILES string of the molecule is CCCC1C(C)CC(CC)C12c1ccccc1-c1ccc(-c3ccc4oc5ccc(-c6c7ccccc7c(-c7ccc(OC)cc7)c7ccccc67)cc5c4c3)cc12. The molecule has 1 saturated carbocycles. The Balaban J connectivity index is 1.08. The summed E-state index contributed by atoms with van der Waals surface area (Å²) in [6.07, 6.45) is 4.98. The normalized spacial score (nSPS) is 19.8. The molecule has 0 radical (unpaired) electrons. The second kappa shape index (κ2) is 13.5. The van der Waals surface area contributed by atoms with Gasteiger partial charge in [0.05, 0.1) is 7.11 Å². The minimum absolute atomic E-state index is 0.0575. The summed E-state index contributed by atoms with van der Waals surface area (Å²) in [5.74, 6) is 2.82. The van der Waals surface area contributed by atoms with Gasteiger partial charge in [0.15, 0.2) is 0 Å². The smallest absolute Gasteiger partial charge is 0.135 e. The summed E-state index contributed by atoms with van der Waals surface area (Å²) in [5.41, 5.74) is 15.3. The molecule has 0 aliphatic heterocycles. The van der Waals surface area contributed by atoms with Gasteiger partial charge in [-0.3, -0.25) is 0 Å². The third-order valence-electron chi connectivity index (χ3n) is 14.2. The third kappa shape index (κ3) is 4.97. The summed E-state index contributed by atoms with van der Waals surface area (Å²) in [6, 6.07) is 56.5. The Morgan fingerprint density at radius 3 is 1.72 bits per heavy atom. The van der Waals surface area contributed by atoms with Crippen molar-refractivity contribution in [3.63, 3.8) is 0 Å². The average Bonchev–Trinajstić information content (AvgIpc) is 3.89. The molecule has 9 aromatic rings. The van der Waals surface area contributed by atoms with Gasteiger partial charge in [0, 0.05) is 16.2 Å². The highest BCUT2D eigenvalue weighted by Crippen LogP contribution is 2.65. The molecule has 0 bridgehead atoms. The molecular formula is C56H48O2. The van der Waals surface area contributed by atoms with Crippen LogP contribution < -0.4 is 4.74 Å². The quantitative estimate of drug-likeness (QED) is 0.151. The standard InChI is InChI=1S/C56H48O2/c1-5-13-49-34(3)30-39(6-2)56(49)50-19-12-11-14-41(50)42-27-22-37(33-51(42)56)36-23-28-52-47(31-36)48-32-38(24-29-53(48)58-52)55-45-17-9-7-15-43(45)54(44-16-8-10-18-46(44)55)35-20-25-40(57-4)26-21-35/h7-12,14-29,31-34,39,49H,5-6,13,30H2,1-4H3. The fourth-order valence-corrected chi connectivity index (χ4v) is 11.8. The van der Waals surface area contributed by atoms with Crippen LogP contribution in [0, 0.1) is 17.8 Å². The van der Waals surface area contributed by atoms with Gasteiger partial charge in [-0.1, -0.05) is 143 Å². The van der Waals surface area contributed by atoms with Gasteiger partial charge in [0.25, 0.3) is 0 Å². The van der Waals surface area contributed by atoms with Gasteiger partial charge in [-0.25, -0.2) is 0 Å². The second-order valence-corrected chi connectivity index (χ2v) is 17.0. The lowest BCUT2D eigenvalue weighted by Crippen LogP contribution is -2.37. The van der Waals surface area contributed by atoms with E-state index in [0.29, 0.717) is 17.8 Å². The molecule has 4 unspecified atom stereocenters. The van der Waals surface area contributed by atoms with Crippen molar-refractivity contribution in [2.45, 2.75) is 51.9 Å². The van der Waals surface area contributed by atoms with E-state index in [2.05, 4.69) is 172 Å². The molecule has 8 aromatic carbocycles. The number of methoxy groups -OCH3 is 1. The molecule has 2 aliphatic carbocycles. The average molecular weight is 753 g/mol. The fourth-order valence-electron chi connectivity index (χ4n) is 11.8. The minimum atomic E-state index is 0.0575. The van der Waals surface area contributed by atoms with E-state index in [1.54, 1.807) is 18.2 Å². The van der Waals surface area contributed by atoms with Crippen molar-refractivity contribution >= 4 is 43.5 Å². The first-order valence-electron chi connectivity index (χ1n) is 21.3. The zero-order chi connectivity index (χ0) is 39.1. The van der Waals surface area contributed by atoms with Crippen molar-refractivity contribution in [1.29, 1.82) is 0 Å². The van der Waals surface area contributed by atoms with Gasteiger partial charge in [-0.15, -0.1) is 0 Å². The van der Waals surface area contributed by atoms with Crippen molar-refractivity contribution in [2.75, 3.05) is 7.11 Å². The van der Waals surface area contributed by atoms with Gasteiger partial charge in [-0.2, -0.15) is 0 Å². The molecule has 1 heterocycles.